The maximum Gasteiger partial charge on any atom is 0.130 e. The van der Waals surface area contributed by atoms with Gasteiger partial charge in [0.2, 0.25) is 0 Å². The molecule has 0 bridgehead atoms. The second-order valence-electron chi connectivity index (χ2n) is 3.81. The van der Waals surface area contributed by atoms with Gasteiger partial charge in [0.15, 0.2) is 0 Å². The molecule has 0 aliphatic heterocycles. The third-order valence-corrected chi connectivity index (χ3v) is 2.46. The Hall–Kier alpha value is -1.37. The topological polar surface area (TPSA) is 0 Å². The van der Waals surface area contributed by atoms with Crippen molar-refractivity contribution in [2.75, 3.05) is 0 Å². The van der Waals surface area contributed by atoms with Crippen LogP contribution in [0.2, 0.25) is 0 Å². The van der Waals surface area contributed by atoms with Gasteiger partial charge in [0.1, 0.15) is 5.82 Å². The molecule has 0 N–H and O–H groups in total. The summed E-state index contributed by atoms with van der Waals surface area (Å²) in [4.78, 5) is 0. The third-order valence-electron chi connectivity index (χ3n) is 2.46. The molecule has 0 saturated heterocycles. The molecule has 80 valence electrons. The first kappa shape index (κ1) is 11.7. The highest BCUT2D eigenvalue weighted by Crippen LogP contribution is 2.08. The Morgan fingerprint density at radius 1 is 1.27 bits per heavy atom. The fourth-order valence-electron chi connectivity index (χ4n) is 1.73. The van der Waals surface area contributed by atoms with Crippen molar-refractivity contribution >= 4 is 12.2 Å². The zero-order chi connectivity index (χ0) is 11.4. The van der Waals surface area contributed by atoms with Crippen LogP contribution in [0, 0.1) is 5.82 Å². The summed E-state index contributed by atoms with van der Waals surface area (Å²) in [5.41, 5.74) is 1.16. The third kappa shape index (κ3) is 2.35. The molecule has 1 aromatic carbocycles. The largest absolute Gasteiger partial charge is 0.206 e. The van der Waals surface area contributed by atoms with E-state index in [-0.39, 0.29) is 5.82 Å². The molecule has 0 atom stereocenters. The molecular weight excluding hydrogens is 187 g/mol. The van der Waals surface area contributed by atoms with E-state index >= 15 is 0 Å². The van der Waals surface area contributed by atoms with Crippen molar-refractivity contribution in [1.29, 1.82) is 0 Å². The highest BCUT2D eigenvalue weighted by molar-refractivity contribution is 5.42. The van der Waals surface area contributed by atoms with Crippen LogP contribution in [0.4, 0.5) is 4.39 Å². The van der Waals surface area contributed by atoms with Crippen molar-refractivity contribution in [3.05, 3.63) is 46.6 Å². The van der Waals surface area contributed by atoms with Crippen molar-refractivity contribution in [2.45, 2.75) is 26.7 Å². The van der Waals surface area contributed by atoms with Crippen molar-refractivity contribution in [3.8, 4) is 0 Å². The fraction of sp³-hybridized carbons (Fsp3) is 0.286. The molecule has 0 fully saturated rings. The highest BCUT2D eigenvalue weighted by Gasteiger charge is 2.04. The van der Waals surface area contributed by atoms with Gasteiger partial charge >= 0.3 is 0 Å². The maximum absolute atomic E-state index is 13.5. The van der Waals surface area contributed by atoms with Gasteiger partial charge in [-0.2, -0.15) is 0 Å². The maximum atomic E-state index is 13.5. The summed E-state index contributed by atoms with van der Waals surface area (Å²) in [5, 5.41) is 1.61. The Morgan fingerprint density at radius 2 is 1.93 bits per heavy atom. The first-order valence-corrected chi connectivity index (χ1v) is 5.19. The monoisotopic (exact) mass is 204 g/mol. The molecular formula is C14H17F. The predicted molar refractivity (Wildman–Crippen MR) is 64.5 cm³/mol. The summed E-state index contributed by atoms with van der Waals surface area (Å²) in [6.07, 6.45) is 5.37. The van der Waals surface area contributed by atoms with Crippen molar-refractivity contribution in [3.63, 3.8) is 0 Å². The quantitative estimate of drug-likeness (QED) is 0.695. The predicted octanol–water partition coefficient (Wildman–Crippen LogP) is 2.72. The van der Waals surface area contributed by atoms with E-state index in [4.69, 9.17) is 0 Å². The Balaban J connectivity index is 3.74. The Bertz CT molecular complexity index is 467. The molecule has 0 aromatic heterocycles. The van der Waals surface area contributed by atoms with Crippen LogP contribution in [0.5, 0.6) is 0 Å². The zero-order valence-corrected chi connectivity index (χ0v) is 9.55. The van der Waals surface area contributed by atoms with E-state index in [1.807, 2.05) is 19.1 Å². The van der Waals surface area contributed by atoms with Crippen LogP contribution >= 0.6 is 0 Å². The molecule has 1 rings (SSSR count). The normalized spacial score (nSPS) is 13.7. The zero-order valence-electron chi connectivity index (χ0n) is 9.55. The molecule has 1 aromatic rings. The SMILES string of the molecule is C=C/C=c1/c(C(C)C)ccc(F)/c1=C/C. The van der Waals surface area contributed by atoms with Gasteiger partial charge in [-0.3, -0.25) is 0 Å². The molecule has 1 heteroatoms. The van der Waals surface area contributed by atoms with E-state index < -0.39 is 0 Å². The van der Waals surface area contributed by atoms with Gasteiger partial charge in [-0.1, -0.05) is 44.7 Å². The van der Waals surface area contributed by atoms with Gasteiger partial charge in [0.25, 0.3) is 0 Å². The van der Waals surface area contributed by atoms with Gasteiger partial charge < -0.3 is 0 Å². The summed E-state index contributed by atoms with van der Waals surface area (Å²) in [6, 6.07) is 3.38. The number of benzene rings is 1. The first-order chi connectivity index (χ1) is 7.11. The first-order valence-electron chi connectivity index (χ1n) is 5.19. The Labute approximate surface area is 90.4 Å². The van der Waals surface area contributed by atoms with E-state index in [0.717, 1.165) is 10.8 Å². The number of hydrogen-bond donors (Lipinski definition) is 0. The lowest BCUT2D eigenvalue weighted by Gasteiger charge is -2.07. The fourth-order valence-corrected chi connectivity index (χ4v) is 1.73. The second-order valence-corrected chi connectivity index (χ2v) is 3.81. The summed E-state index contributed by atoms with van der Waals surface area (Å²) in [7, 11) is 0. The van der Waals surface area contributed by atoms with Crippen LogP contribution in [0.3, 0.4) is 0 Å². The molecule has 0 radical (unpaired) electrons. The molecule has 0 aliphatic rings. The van der Waals surface area contributed by atoms with E-state index in [9.17, 15) is 4.39 Å². The highest BCUT2D eigenvalue weighted by atomic mass is 19.1. The Kier molecular flexibility index (Phi) is 3.84. The van der Waals surface area contributed by atoms with Crippen LogP contribution in [-0.4, -0.2) is 0 Å². The molecule has 0 amide bonds. The second kappa shape index (κ2) is 4.92. The van der Waals surface area contributed by atoms with Crippen LogP contribution in [0.15, 0.2) is 24.8 Å². The minimum atomic E-state index is -0.171. The lowest BCUT2D eigenvalue weighted by atomic mass is 9.98. The molecule has 0 aliphatic carbocycles. The van der Waals surface area contributed by atoms with Crippen molar-refractivity contribution in [1.82, 2.24) is 0 Å². The molecule has 0 spiro atoms. The molecule has 0 saturated carbocycles. The smallest absolute Gasteiger partial charge is 0.130 e. The van der Waals surface area contributed by atoms with Crippen molar-refractivity contribution in [2.24, 2.45) is 0 Å². The van der Waals surface area contributed by atoms with Gasteiger partial charge in [0.05, 0.1) is 0 Å². The van der Waals surface area contributed by atoms with Crippen molar-refractivity contribution < 1.29 is 4.39 Å². The average molecular weight is 204 g/mol. The van der Waals surface area contributed by atoms with Gasteiger partial charge in [-0.15, -0.1) is 0 Å². The Morgan fingerprint density at radius 3 is 2.40 bits per heavy atom. The van der Waals surface area contributed by atoms with Gasteiger partial charge in [-0.05, 0) is 29.7 Å². The lowest BCUT2D eigenvalue weighted by Crippen LogP contribution is -2.31. The molecule has 15 heavy (non-hydrogen) atoms. The van der Waals surface area contributed by atoms with E-state index in [1.54, 1.807) is 12.2 Å². The van der Waals surface area contributed by atoms with E-state index in [1.165, 1.54) is 6.07 Å². The summed E-state index contributed by atoms with van der Waals surface area (Å²) < 4.78 is 13.5. The minimum Gasteiger partial charge on any atom is -0.206 e. The molecule has 0 heterocycles. The standard InChI is InChI=1S/C14H17F/c1-5-7-13-11(6-2)14(15)9-8-12(13)10(3)4/h5-10H,1H2,2-4H3/b11-6+,13-7+. The minimum absolute atomic E-state index is 0.171. The van der Waals surface area contributed by atoms with Gasteiger partial charge in [0, 0.05) is 5.22 Å². The summed E-state index contributed by atoms with van der Waals surface area (Å²) in [6.45, 7) is 9.73. The summed E-state index contributed by atoms with van der Waals surface area (Å²) in [5.74, 6) is 0.213. The van der Waals surface area contributed by atoms with E-state index in [2.05, 4.69) is 20.4 Å². The van der Waals surface area contributed by atoms with E-state index in [0.29, 0.717) is 11.1 Å². The van der Waals surface area contributed by atoms with Crippen LogP contribution in [0.1, 0.15) is 32.3 Å². The molecule has 0 nitrogen and oxygen atoms in total. The number of rotatable bonds is 2. The number of allylic oxidation sites excluding steroid dienone is 1. The average Bonchev–Trinajstić information content (AvgIpc) is 2.18. The van der Waals surface area contributed by atoms with Crippen LogP contribution in [0.25, 0.3) is 12.2 Å². The van der Waals surface area contributed by atoms with Crippen LogP contribution in [-0.2, 0) is 0 Å². The lowest BCUT2D eigenvalue weighted by molar-refractivity contribution is 0.615. The summed E-state index contributed by atoms with van der Waals surface area (Å²) >= 11 is 0. The number of hydrogen-bond acceptors (Lipinski definition) is 0. The number of halogens is 1. The molecule has 0 unspecified atom stereocenters. The van der Waals surface area contributed by atoms with Gasteiger partial charge in [-0.25, -0.2) is 4.39 Å². The van der Waals surface area contributed by atoms with Crippen LogP contribution < -0.4 is 10.4 Å².